The molecule has 3 nitrogen and oxygen atoms in total. The normalized spacial score (nSPS) is 9.08. The summed E-state index contributed by atoms with van der Waals surface area (Å²) in [6.45, 7) is 3.31. The Morgan fingerprint density at radius 2 is 2.50 bits per heavy atom. The third kappa shape index (κ3) is 2.07. The topological polar surface area (TPSA) is 42.0 Å². The highest BCUT2D eigenvalue weighted by atomic mass is 35.5. The molecule has 0 fully saturated rings. The summed E-state index contributed by atoms with van der Waals surface area (Å²) in [7, 11) is 0. The van der Waals surface area contributed by atoms with E-state index in [-0.39, 0.29) is 5.91 Å². The Morgan fingerprint density at radius 3 is 3.08 bits per heavy atom. The van der Waals surface area contributed by atoms with Crippen LogP contribution < -0.4 is 5.32 Å². The Labute approximate surface area is 75.1 Å². The van der Waals surface area contributed by atoms with Gasteiger partial charge in [-0.2, -0.15) is 0 Å². The first-order valence-electron chi connectivity index (χ1n) is 3.27. The number of amides is 1. The number of hydrogen-bond donors (Lipinski definition) is 1. The van der Waals surface area contributed by atoms with E-state index in [0.29, 0.717) is 10.7 Å². The fourth-order valence-corrected chi connectivity index (χ4v) is 0.806. The van der Waals surface area contributed by atoms with Crippen LogP contribution in [-0.2, 0) is 4.79 Å². The molecule has 1 heterocycles. The molecular formula is C8H7ClN2O. The average molecular weight is 183 g/mol. The standard InChI is InChI=1S/C8H7ClN2O/c1-2-8(12)11-7-5-10-4-3-6(7)9/h2-5H,1H2,(H,11,12). The second-order valence-electron chi connectivity index (χ2n) is 2.05. The molecule has 1 rings (SSSR count). The maximum absolute atomic E-state index is 10.8. The molecule has 12 heavy (non-hydrogen) atoms. The minimum Gasteiger partial charge on any atom is -0.320 e. The molecule has 0 spiro atoms. The van der Waals surface area contributed by atoms with Crippen molar-refractivity contribution >= 4 is 23.2 Å². The molecule has 0 aliphatic rings. The zero-order valence-electron chi connectivity index (χ0n) is 6.25. The third-order valence-electron chi connectivity index (χ3n) is 1.21. The number of anilines is 1. The van der Waals surface area contributed by atoms with Crippen molar-refractivity contribution in [2.75, 3.05) is 5.32 Å². The molecule has 0 aliphatic carbocycles. The number of aromatic nitrogens is 1. The van der Waals surface area contributed by atoms with Gasteiger partial charge in [0, 0.05) is 6.20 Å². The lowest BCUT2D eigenvalue weighted by Gasteiger charge is -2.01. The largest absolute Gasteiger partial charge is 0.320 e. The molecular weight excluding hydrogens is 176 g/mol. The van der Waals surface area contributed by atoms with Crippen molar-refractivity contribution in [1.29, 1.82) is 0 Å². The highest BCUT2D eigenvalue weighted by Crippen LogP contribution is 2.18. The van der Waals surface area contributed by atoms with Crippen molar-refractivity contribution < 1.29 is 4.79 Å². The predicted molar refractivity (Wildman–Crippen MR) is 48.1 cm³/mol. The molecule has 1 aromatic heterocycles. The molecule has 0 saturated heterocycles. The van der Waals surface area contributed by atoms with Crippen LogP contribution in [0.1, 0.15) is 0 Å². The van der Waals surface area contributed by atoms with Crippen molar-refractivity contribution in [2.45, 2.75) is 0 Å². The van der Waals surface area contributed by atoms with Crippen LogP contribution in [-0.4, -0.2) is 10.9 Å². The van der Waals surface area contributed by atoms with Crippen LogP contribution in [0.25, 0.3) is 0 Å². The molecule has 0 radical (unpaired) electrons. The second kappa shape index (κ2) is 3.88. The van der Waals surface area contributed by atoms with E-state index in [9.17, 15) is 4.79 Å². The lowest BCUT2D eigenvalue weighted by atomic mass is 10.4. The number of rotatable bonds is 2. The zero-order valence-corrected chi connectivity index (χ0v) is 7.01. The number of carbonyl (C=O) groups excluding carboxylic acids is 1. The van der Waals surface area contributed by atoms with E-state index >= 15 is 0 Å². The summed E-state index contributed by atoms with van der Waals surface area (Å²) in [4.78, 5) is 14.6. The minimum atomic E-state index is -0.301. The van der Waals surface area contributed by atoms with E-state index in [0.717, 1.165) is 0 Å². The van der Waals surface area contributed by atoms with E-state index in [4.69, 9.17) is 11.6 Å². The Bertz CT molecular complexity index is 312. The quantitative estimate of drug-likeness (QED) is 0.710. The fraction of sp³-hybridized carbons (Fsp3) is 0. The van der Waals surface area contributed by atoms with Gasteiger partial charge in [0.05, 0.1) is 16.9 Å². The van der Waals surface area contributed by atoms with Crippen molar-refractivity contribution in [3.05, 3.63) is 36.1 Å². The van der Waals surface area contributed by atoms with Gasteiger partial charge in [-0.25, -0.2) is 0 Å². The van der Waals surface area contributed by atoms with Gasteiger partial charge in [0.25, 0.3) is 0 Å². The van der Waals surface area contributed by atoms with E-state index in [1.165, 1.54) is 12.3 Å². The monoisotopic (exact) mass is 182 g/mol. The Morgan fingerprint density at radius 1 is 1.75 bits per heavy atom. The van der Waals surface area contributed by atoms with E-state index in [1.54, 1.807) is 12.3 Å². The molecule has 0 unspecified atom stereocenters. The number of carbonyl (C=O) groups is 1. The van der Waals surface area contributed by atoms with E-state index in [2.05, 4.69) is 16.9 Å². The summed E-state index contributed by atoms with van der Waals surface area (Å²) in [5.41, 5.74) is 0.490. The molecule has 4 heteroatoms. The highest BCUT2D eigenvalue weighted by Gasteiger charge is 2.00. The van der Waals surface area contributed by atoms with Crippen LogP contribution in [0.2, 0.25) is 5.02 Å². The Balaban J connectivity index is 2.82. The summed E-state index contributed by atoms with van der Waals surface area (Å²) in [6, 6.07) is 1.60. The molecule has 0 aliphatic heterocycles. The maximum atomic E-state index is 10.8. The van der Waals surface area contributed by atoms with Crippen LogP contribution in [0.15, 0.2) is 31.1 Å². The first kappa shape index (κ1) is 8.74. The lowest BCUT2D eigenvalue weighted by Crippen LogP contribution is -2.07. The van der Waals surface area contributed by atoms with Crippen molar-refractivity contribution in [3.63, 3.8) is 0 Å². The van der Waals surface area contributed by atoms with Crippen molar-refractivity contribution in [3.8, 4) is 0 Å². The van der Waals surface area contributed by atoms with Gasteiger partial charge in [0.15, 0.2) is 0 Å². The van der Waals surface area contributed by atoms with Gasteiger partial charge < -0.3 is 5.32 Å². The van der Waals surface area contributed by atoms with Crippen LogP contribution in [0.3, 0.4) is 0 Å². The first-order chi connectivity index (χ1) is 5.74. The van der Waals surface area contributed by atoms with Gasteiger partial charge in [-0.15, -0.1) is 0 Å². The zero-order chi connectivity index (χ0) is 8.97. The highest BCUT2D eigenvalue weighted by molar-refractivity contribution is 6.33. The summed E-state index contributed by atoms with van der Waals surface area (Å²) in [5, 5.41) is 2.97. The molecule has 1 amide bonds. The van der Waals surface area contributed by atoms with Gasteiger partial charge in [0.1, 0.15) is 0 Å². The fourth-order valence-electron chi connectivity index (χ4n) is 0.653. The molecule has 0 aromatic carbocycles. The molecule has 1 N–H and O–H groups in total. The van der Waals surface area contributed by atoms with E-state index < -0.39 is 0 Å². The smallest absolute Gasteiger partial charge is 0.247 e. The van der Waals surface area contributed by atoms with Gasteiger partial charge in [-0.3, -0.25) is 9.78 Å². The van der Waals surface area contributed by atoms with Crippen molar-refractivity contribution in [2.24, 2.45) is 0 Å². The minimum absolute atomic E-state index is 0.301. The molecule has 0 atom stereocenters. The summed E-state index contributed by atoms with van der Waals surface area (Å²) in [6.07, 6.45) is 4.19. The van der Waals surface area contributed by atoms with Crippen LogP contribution in [0.4, 0.5) is 5.69 Å². The number of hydrogen-bond acceptors (Lipinski definition) is 2. The Kier molecular flexibility index (Phi) is 2.82. The first-order valence-corrected chi connectivity index (χ1v) is 3.65. The van der Waals surface area contributed by atoms with E-state index in [1.807, 2.05) is 0 Å². The van der Waals surface area contributed by atoms with Crippen LogP contribution in [0, 0.1) is 0 Å². The van der Waals surface area contributed by atoms with Gasteiger partial charge in [-0.05, 0) is 12.1 Å². The summed E-state index contributed by atoms with van der Waals surface area (Å²) in [5.74, 6) is -0.301. The van der Waals surface area contributed by atoms with Gasteiger partial charge in [0.2, 0.25) is 5.91 Å². The van der Waals surface area contributed by atoms with Crippen molar-refractivity contribution in [1.82, 2.24) is 4.98 Å². The van der Waals surface area contributed by atoms with Gasteiger partial charge in [-0.1, -0.05) is 18.2 Å². The maximum Gasteiger partial charge on any atom is 0.247 e. The number of nitrogens with zero attached hydrogens (tertiary/aromatic N) is 1. The molecule has 62 valence electrons. The summed E-state index contributed by atoms with van der Waals surface area (Å²) >= 11 is 5.74. The predicted octanol–water partition coefficient (Wildman–Crippen LogP) is 1.86. The summed E-state index contributed by atoms with van der Waals surface area (Å²) < 4.78 is 0. The number of pyridine rings is 1. The Hall–Kier alpha value is -1.35. The number of halogens is 1. The second-order valence-corrected chi connectivity index (χ2v) is 2.46. The lowest BCUT2D eigenvalue weighted by molar-refractivity contribution is -0.111. The average Bonchev–Trinajstić information content (AvgIpc) is 2.09. The number of nitrogens with one attached hydrogen (secondary N) is 1. The van der Waals surface area contributed by atoms with Crippen LogP contribution in [0.5, 0.6) is 0 Å². The molecule has 1 aromatic rings. The molecule has 0 bridgehead atoms. The SMILES string of the molecule is C=CC(=O)Nc1cnccc1Cl. The molecule has 0 saturated carbocycles. The third-order valence-corrected chi connectivity index (χ3v) is 1.54. The van der Waals surface area contributed by atoms with Crippen LogP contribution >= 0.6 is 11.6 Å². The van der Waals surface area contributed by atoms with Gasteiger partial charge >= 0.3 is 0 Å².